The van der Waals surface area contributed by atoms with Gasteiger partial charge in [0.05, 0.1) is 5.56 Å². The second-order valence-electron chi connectivity index (χ2n) is 4.53. The molecule has 20 heavy (non-hydrogen) atoms. The highest BCUT2D eigenvalue weighted by Gasteiger charge is 2.32. The second kappa shape index (κ2) is 6.09. The van der Waals surface area contributed by atoms with Gasteiger partial charge >= 0.3 is 6.18 Å². The molecular weight excluding hydrogens is 267 g/mol. The second-order valence-corrected chi connectivity index (χ2v) is 4.53. The van der Waals surface area contributed by atoms with E-state index < -0.39 is 11.7 Å². The van der Waals surface area contributed by atoms with Crippen molar-refractivity contribution in [2.45, 2.75) is 19.1 Å². The molecule has 0 saturated heterocycles. The van der Waals surface area contributed by atoms with Gasteiger partial charge in [-0.15, -0.1) is 0 Å². The zero-order chi connectivity index (χ0) is 14.6. The van der Waals surface area contributed by atoms with Gasteiger partial charge in [0.1, 0.15) is 0 Å². The highest BCUT2D eigenvalue weighted by molar-refractivity contribution is 5.29. The zero-order valence-corrected chi connectivity index (χ0v) is 11.1. The zero-order valence-electron chi connectivity index (χ0n) is 11.1. The van der Waals surface area contributed by atoms with Gasteiger partial charge in [0.25, 0.3) is 0 Å². The number of halogens is 3. The van der Waals surface area contributed by atoms with Crippen LogP contribution in [0.25, 0.3) is 0 Å². The third-order valence-electron chi connectivity index (χ3n) is 3.12. The summed E-state index contributed by atoms with van der Waals surface area (Å²) >= 11 is 0. The van der Waals surface area contributed by atoms with Crippen molar-refractivity contribution in [3.8, 4) is 0 Å². The summed E-state index contributed by atoms with van der Waals surface area (Å²) in [5, 5.41) is 7.08. The molecule has 0 radical (unpaired) electrons. The van der Waals surface area contributed by atoms with Gasteiger partial charge in [-0.2, -0.15) is 18.3 Å². The van der Waals surface area contributed by atoms with Crippen LogP contribution in [0.4, 0.5) is 13.2 Å². The van der Waals surface area contributed by atoms with Crippen molar-refractivity contribution in [1.29, 1.82) is 0 Å². The van der Waals surface area contributed by atoms with E-state index in [1.807, 2.05) is 13.1 Å². The molecular formula is C14H16F3N3. The first-order valence-electron chi connectivity index (χ1n) is 6.31. The van der Waals surface area contributed by atoms with E-state index >= 15 is 0 Å². The Kier molecular flexibility index (Phi) is 4.44. The molecule has 1 aromatic carbocycles. The summed E-state index contributed by atoms with van der Waals surface area (Å²) < 4.78 is 40.1. The number of aryl methyl sites for hydroxylation is 1. The molecule has 2 rings (SSSR count). The van der Waals surface area contributed by atoms with Gasteiger partial charge in [-0.25, -0.2) is 0 Å². The Morgan fingerprint density at radius 3 is 2.60 bits per heavy atom. The van der Waals surface area contributed by atoms with Crippen LogP contribution in [-0.4, -0.2) is 16.3 Å². The number of hydrogen-bond donors (Lipinski definition) is 1. The van der Waals surface area contributed by atoms with Gasteiger partial charge in [0, 0.05) is 38.4 Å². The highest BCUT2D eigenvalue weighted by Crippen LogP contribution is 2.31. The molecule has 0 amide bonds. The Morgan fingerprint density at radius 2 is 1.95 bits per heavy atom. The van der Waals surface area contributed by atoms with E-state index in [0.29, 0.717) is 6.54 Å². The number of alkyl halides is 3. The van der Waals surface area contributed by atoms with Gasteiger partial charge in [-0.05, 0) is 17.7 Å². The highest BCUT2D eigenvalue weighted by atomic mass is 19.4. The van der Waals surface area contributed by atoms with Crippen molar-refractivity contribution in [2.24, 2.45) is 7.05 Å². The van der Waals surface area contributed by atoms with Gasteiger partial charge in [-0.1, -0.05) is 18.2 Å². The average molecular weight is 283 g/mol. The number of rotatable bonds is 5. The van der Waals surface area contributed by atoms with Crippen LogP contribution < -0.4 is 5.32 Å². The molecule has 0 aliphatic rings. The number of benzene rings is 1. The molecule has 1 aromatic heterocycles. The molecule has 108 valence electrons. The summed E-state index contributed by atoms with van der Waals surface area (Å²) in [6.07, 6.45) is -1.88. The van der Waals surface area contributed by atoms with Gasteiger partial charge in [0.2, 0.25) is 0 Å². The standard InChI is InChI=1S/C14H16F3N3/c1-20-12(7-9-19-20)6-8-18-10-11-4-2-3-5-13(11)14(15,16)17/h2-5,7,9,18H,6,8,10H2,1H3. The molecule has 6 heteroatoms. The summed E-state index contributed by atoms with van der Waals surface area (Å²) in [5.74, 6) is 0. The molecule has 2 aromatic rings. The topological polar surface area (TPSA) is 29.9 Å². The van der Waals surface area contributed by atoms with Crippen molar-refractivity contribution < 1.29 is 13.2 Å². The number of hydrogen-bond acceptors (Lipinski definition) is 2. The van der Waals surface area contributed by atoms with E-state index in [0.717, 1.165) is 18.2 Å². The van der Waals surface area contributed by atoms with Crippen LogP contribution in [0, 0.1) is 0 Å². The van der Waals surface area contributed by atoms with Crippen molar-refractivity contribution >= 4 is 0 Å². The molecule has 0 fully saturated rings. The Balaban J connectivity index is 1.90. The summed E-state index contributed by atoms with van der Waals surface area (Å²) in [6.45, 7) is 0.805. The van der Waals surface area contributed by atoms with E-state index in [4.69, 9.17) is 0 Å². The first-order valence-corrected chi connectivity index (χ1v) is 6.31. The monoisotopic (exact) mass is 283 g/mol. The molecule has 1 N–H and O–H groups in total. The van der Waals surface area contributed by atoms with Crippen molar-refractivity contribution in [3.63, 3.8) is 0 Å². The van der Waals surface area contributed by atoms with Crippen molar-refractivity contribution in [2.75, 3.05) is 6.54 Å². The minimum Gasteiger partial charge on any atom is -0.312 e. The molecule has 0 unspecified atom stereocenters. The SMILES string of the molecule is Cn1nccc1CCNCc1ccccc1C(F)(F)F. The average Bonchev–Trinajstić information content (AvgIpc) is 2.80. The third-order valence-corrected chi connectivity index (χ3v) is 3.12. The smallest absolute Gasteiger partial charge is 0.312 e. The van der Waals surface area contributed by atoms with Crippen LogP contribution >= 0.6 is 0 Å². The molecule has 3 nitrogen and oxygen atoms in total. The summed E-state index contributed by atoms with van der Waals surface area (Å²) in [7, 11) is 1.84. The quantitative estimate of drug-likeness (QED) is 0.855. The van der Waals surface area contributed by atoms with Gasteiger partial charge in [-0.3, -0.25) is 4.68 Å². The van der Waals surface area contributed by atoms with Crippen LogP contribution in [0.3, 0.4) is 0 Å². The molecule has 0 saturated carbocycles. The van der Waals surface area contributed by atoms with Crippen LogP contribution in [0.5, 0.6) is 0 Å². The fraction of sp³-hybridized carbons (Fsp3) is 0.357. The molecule has 1 heterocycles. The Labute approximate surface area is 115 Å². The number of nitrogens with zero attached hydrogens (tertiary/aromatic N) is 2. The van der Waals surface area contributed by atoms with E-state index in [1.165, 1.54) is 12.1 Å². The maximum absolute atomic E-state index is 12.8. The Morgan fingerprint density at radius 1 is 1.20 bits per heavy atom. The van der Waals surface area contributed by atoms with Crippen LogP contribution in [0.2, 0.25) is 0 Å². The molecule has 0 aliphatic carbocycles. The fourth-order valence-corrected chi connectivity index (χ4v) is 2.04. The maximum Gasteiger partial charge on any atom is 0.416 e. The molecule has 0 aliphatic heterocycles. The minimum absolute atomic E-state index is 0.202. The normalized spacial score (nSPS) is 11.8. The maximum atomic E-state index is 12.8. The predicted molar refractivity (Wildman–Crippen MR) is 70.1 cm³/mol. The summed E-state index contributed by atoms with van der Waals surface area (Å²) in [5.41, 5.74) is 0.736. The van der Waals surface area contributed by atoms with Gasteiger partial charge in [0.15, 0.2) is 0 Å². The lowest BCUT2D eigenvalue weighted by Crippen LogP contribution is -2.20. The molecule has 0 atom stereocenters. The van der Waals surface area contributed by atoms with Crippen LogP contribution in [-0.2, 0) is 26.2 Å². The lowest BCUT2D eigenvalue weighted by molar-refractivity contribution is -0.138. The lowest BCUT2D eigenvalue weighted by Gasteiger charge is -2.13. The van der Waals surface area contributed by atoms with Gasteiger partial charge < -0.3 is 5.32 Å². The van der Waals surface area contributed by atoms with Crippen LogP contribution in [0.15, 0.2) is 36.5 Å². The van der Waals surface area contributed by atoms with E-state index in [-0.39, 0.29) is 12.1 Å². The first kappa shape index (κ1) is 14.6. The summed E-state index contributed by atoms with van der Waals surface area (Å²) in [6, 6.07) is 7.53. The molecule has 0 spiro atoms. The Bertz CT molecular complexity index is 561. The number of aromatic nitrogens is 2. The van der Waals surface area contributed by atoms with Crippen molar-refractivity contribution in [3.05, 3.63) is 53.3 Å². The molecule has 0 bridgehead atoms. The Hall–Kier alpha value is -1.82. The van der Waals surface area contributed by atoms with E-state index in [9.17, 15) is 13.2 Å². The first-order chi connectivity index (χ1) is 9.48. The fourth-order valence-electron chi connectivity index (χ4n) is 2.04. The number of nitrogens with one attached hydrogen (secondary N) is 1. The third kappa shape index (κ3) is 3.60. The van der Waals surface area contributed by atoms with Crippen LogP contribution in [0.1, 0.15) is 16.8 Å². The largest absolute Gasteiger partial charge is 0.416 e. The minimum atomic E-state index is -4.31. The van der Waals surface area contributed by atoms with E-state index in [1.54, 1.807) is 16.9 Å². The van der Waals surface area contributed by atoms with Crippen molar-refractivity contribution in [1.82, 2.24) is 15.1 Å². The predicted octanol–water partition coefficient (Wildman–Crippen LogP) is 2.77. The lowest BCUT2D eigenvalue weighted by atomic mass is 10.1. The van der Waals surface area contributed by atoms with E-state index in [2.05, 4.69) is 10.4 Å². The summed E-state index contributed by atoms with van der Waals surface area (Å²) in [4.78, 5) is 0.